The Morgan fingerprint density at radius 1 is 1.16 bits per heavy atom. The van der Waals surface area contributed by atoms with Gasteiger partial charge in [0.2, 0.25) is 17.7 Å². The van der Waals surface area contributed by atoms with Gasteiger partial charge < -0.3 is 9.73 Å². The lowest BCUT2D eigenvalue weighted by atomic mass is 10.2. The third-order valence-corrected chi connectivity index (χ3v) is 3.67. The number of aromatic nitrogens is 2. The Balaban J connectivity index is 1.60. The minimum Gasteiger partial charge on any atom is -0.421 e. The molecule has 0 unspecified atom stereocenters. The highest BCUT2D eigenvalue weighted by atomic mass is 35.5. The van der Waals surface area contributed by atoms with E-state index in [4.69, 9.17) is 16.0 Å². The van der Waals surface area contributed by atoms with Gasteiger partial charge in [-0.1, -0.05) is 23.7 Å². The van der Waals surface area contributed by atoms with Crippen molar-refractivity contribution in [3.8, 4) is 11.5 Å². The molecule has 1 N–H and O–H groups in total. The van der Waals surface area contributed by atoms with E-state index < -0.39 is 17.5 Å². The van der Waals surface area contributed by atoms with Crippen LogP contribution in [-0.4, -0.2) is 16.1 Å². The van der Waals surface area contributed by atoms with Gasteiger partial charge in [0.15, 0.2) is 0 Å². The molecule has 1 aromatic heterocycles. The van der Waals surface area contributed by atoms with Crippen molar-refractivity contribution >= 4 is 23.2 Å². The van der Waals surface area contributed by atoms with Crippen molar-refractivity contribution in [3.63, 3.8) is 0 Å². The predicted octanol–water partition coefficient (Wildman–Crippen LogP) is 4.24. The quantitative estimate of drug-likeness (QED) is 0.736. The molecule has 0 atom stereocenters. The van der Waals surface area contributed by atoms with Crippen LogP contribution in [-0.2, 0) is 11.2 Å². The van der Waals surface area contributed by atoms with E-state index in [0.717, 1.165) is 12.1 Å². The first kappa shape index (κ1) is 17.0. The van der Waals surface area contributed by atoms with Crippen LogP contribution in [0.3, 0.4) is 0 Å². The molecule has 0 saturated heterocycles. The van der Waals surface area contributed by atoms with Crippen LogP contribution in [0.2, 0.25) is 5.02 Å². The fraction of sp³-hybridized carbons (Fsp3) is 0.118. The van der Waals surface area contributed by atoms with Gasteiger partial charge in [0, 0.05) is 18.9 Å². The fourth-order valence-corrected chi connectivity index (χ4v) is 2.34. The topological polar surface area (TPSA) is 68.0 Å². The van der Waals surface area contributed by atoms with Gasteiger partial charge in [-0.25, -0.2) is 8.78 Å². The number of rotatable bonds is 5. The Morgan fingerprint density at radius 3 is 2.72 bits per heavy atom. The molecule has 0 aliphatic carbocycles. The molecule has 2 aromatic carbocycles. The molecule has 0 fully saturated rings. The summed E-state index contributed by atoms with van der Waals surface area (Å²) in [6, 6.07) is 9.92. The van der Waals surface area contributed by atoms with Crippen LogP contribution in [0.4, 0.5) is 14.5 Å². The molecule has 0 aliphatic rings. The van der Waals surface area contributed by atoms with Gasteiger partial charge in [-0.05, 0) is 24.3 Å². The summed E-state index contributed by atoms with van der Waals surface area (Å²) in [7, 11) is 0. The highest BCUT2D eigenvalue weighted by Crippen LogP contribution is 2.26. The molecule has 0 aliphatic heterocycles. The monoisotopic (exact) mass is 363 g/mol. The second kappa shape index (κ2) is 7.40. The van der Waals surface area contributed by atoms with Crippen molar-refractivity contribution in [3.05, 3.63) is 65.0 Å². The molecule has 128 valence electrons. The molecule has 3 rings (SSSR count). The molecule has 1 heterocycles. The first-order valence-electron chi connectivity index (χ1n) is 7.35. The lowest BCUT2D eigenvalue weighted by molar-refractivity contribution is -0.116. The van der Waals surface area contributed by atoms with E-state index in [2.05, 4.69) is 15.5 Å². The number of halogens is 3. The summed E-state index contributed by atoms with van der Waals surface area (Å²) < 4.78 is 31.8. The van der Waals surface area contributed by atoms with Crippen molar-refractivity contribution in [2.75, 3.05) is 5.32 Å². The van der Waals surface area contributed by atoms with Crippen molar-refractivity contribution in [2.45, 2.75) is 12.8 Å². The van der Waals surface area contributed by atoms with Gasteiger partial charge in [0.05, 0.1) is 16.3 Å². The Labute approximate surface area is 146 Å². The van der Waals surface area contributed by atoms with Crippen LogP contribution in [0.1, 0.15) is 12.3 Å². The van der Waals surface area contributed by atoms with Gasteiger partial charge in [-0.2, -0.15) is 0 Å². The summed E-state index contributed by atoms with van der Waals surface area (Å²) >= 11 is 6.06. The summed E-state index contributed by atoms with van der Waals surface area (Å²) in [4.78, 5) is 11.9. The minimum atomic E-state index is -0.841. The predicted molar refractivity (Wildman–Crippen MR) is 88.1 cm³/mol. The SMILES string of the molecule is O=C(CCc1nnc(-c2ccccc2Cl)o1)Nc1ccc(F)cc1F. The Morgan fingerprint density at radius 2 is 1.96 bits per heavy atom. The molecular weight excluding hydrogens is 352 g/mol. The highest BCUT2D eigenvalue weighted by molar-refractivity contribution is 6.33. The third kappa shape index (κ3) is 4.19. The maximum absolute atomic E-state index is 13.5. The molecule has 0 saturated carbocycles. The van der Waals surface area contributed by atoms with Crippen molar-refractivity contribution < 1.29 is 18.0 Å². The summed E-state index contributed by atoms with van der Waals surface area (Å²) in [5.74, 6) is -1.50. The Kier molecular flexibility index (Phi) is 5.04. The molecule has 5 nitrogen and oxygen atoms in total. The van der Waals surface area contributed by atoms with Crippen LogP contribution < -0.4 is 5.32 Å². The van der Waals surface area contributed by atoms with Crippen molar-refractivity contribution in [1.82, 2.24) is 10.2 Å². The van der Waals surface area contributed by atoms with E-state index in [0.29, 0.717) is 16.7 Å². The number of carbonyl (C=O) groups is 1. The van der Waals surface area contributed by atoms with Gasteiger partial charge in [-0.3, -0.25) is 4.79 Å². The molecular formula is C17H12ClF2N3O2. The number of aryl methyl sites for hydroxylation is 1. The largest absolute Gasteiger partial charge is 0.421 e. The number of nitrogens with one attached hydrogen (secondary N) is 1. The zero-order chi connectivity index (χ0) is 17.8. The molecule has 3 aromatic rings. The smallest absolute Gasteiger partial charge is 0.249 e. The average molecular weight is 364 g/mol. The van der Waals surface area contributed by atoms with Crippen LogP contribution in [0.25, 0.3) is 11.5 Å². The first-order chi connectivity index (χ1) is 12.0. The number of hydrogen-bond acceptors (Lipinski definition) is 4. The summed E-state index contributed by atoms with van der Waals surface area (Å²) in [6.07, 6.45) is 0.174. The van der Waals surface area contributed by atoms with Crippen LogP contribution >= 0.6 is 11.6 Å². The van der Waals surface area contributed by atoms with Crippen molar-refractivity contribution in [2.24, 2.45) is 0 Å². The molecule has 8 heteroatoms. The highest BCUT2D eigenvalue weighted by Gasteiger charge is 2.13. The zero-order valence-corrected chi connectivity index (χ0v) is 13.6. The second-order valence-electron chi connectivity index (χ2n) is 5.15. The minimum absolute atomic E-state index is 0.000964. The molecule has 0 spiro atoms. The lowest BCUT2D eigenvalue weighted by Gasteiger charge is -2.05. The van der Waals surface area contributed by atoms with E-state index in [9.17, 15) is 13.6 Å². The summed E-state index contributed by atoms with van der Waals surface area (Å²) in [5, 5.41) is 10.6. The maximum atomic E-state index is 13.5. The van der Waals surface area contributed by atoms with Crippen LogP contribution in [0, 0.1) is 11.6 Å². The standard InChI is InChI=1S/C17H12ClF2N3O2/c18-12-4-2-1-3-11(12)17-23-22-16(25-17)8-7-15(24)21-14-6-5-10(19)9-13(14)20/h1-6,9H,7-8H2,(H,21,24). The number of amides is 1. The molecule has 0 radical (unpaired) electrons. The molecule has 0 bridgehead atoms. The number of anilines is 1. The van der Waals surface area contributed by atoms with E-state index in [1.165, 1.54) is 0 Å². The van der Waals surface area contributed by atoms with Gasteiger partial charge in [0.1, 0.15) is 11.6 Å². The van der Waals surface area contributed by atoms with Crippen LogP contribution in [0.5, 0.6) is 0 Å². The summed E-state index contributed by atoms with van der Waals surface area (Å²) in [6.45, 7) is 0. The normalized spacial score (nSPS) is 10.7. The summed E-state index contributed by atoms with van der Waals surface area (Å²) in [5.41, 5.74) is 0.509. The second-order valence-corrected chi connectivity index (χ2v) is 5.56. The Bertz CT molecular complexity index is 914. The van der Waals surface area contributed by atoms with E-state index in [1.54, 1.807) is 24.3 Å². The maximum Gasteiger partial charge on any atom is 0.249 e. The van der Waals surface area contributed by atoms with E-state index in [-0.39, 0.29) is 30.3 Å². The molecule has 25 heavy (non-hydrogen) atoms. The third-order valence-electron chi connectivity index (χ3n) is 3.34. The lowest BCUT2D eigenvalue weighted by Crippen LogP contribution is -2.13. The van der Waals surface area contributed by atoms with Gasteiger partial charge in [0.25, 0.3) is 0 Å². The Hall–Kier alpha value is -2.80. The van der Waals surface area contributed by atoms with E-state index in [1.807, 2.05) is 0 Å². The number of nitrogens with zero attached hydrogens (tertiary/aromatic N) is 2. The average Bonchev–Trinajstić information content (AvgIpc) is 3.05. The van der Waals surface area contributed by atoms with Gasteiger partial charge >= 0.3 is 0 Å². The van der Waals surface area contributed by atoms with Crippen molar-refractivity contribution in [1.29, 1.82) is 0 Å². The van der Waals surface area contributed by atoms with Crippen LogP contribution in [0.15, 0.2) is 46.9 Å². The number of carbonyl (C=O) groups excluding carboxylic acids is 1. The first-order valence-corrected chi connectivity index (χ1v) is 7.73. The van der Waals surface area contributed by atoms with E-state index >= 15 is 0 Å². The number of benzene rings is 2. The zero-order valence-electron chi connectivity index (χ0n) is 12.8. The fourth-order valence-electron chi connectivity index (χ4n) is 2.12. The number of hydrogen-bond donors (Lipinski definition) is 1. The van der Waals surface area contributed by atoms with Gasteiger partial charge in [-0.15, -0.1) is 10.2 Å². The molecule has 1 amide bonds.